The number of nitrogens with two attached hydrogens (primary N) is 8. The lowest BCUT2D eigenvalue weighted by Crippen LogP contribution is -3.00. The lowest BCUT2D eigenvalue weighted by Gasteiger charge is -2.03. The predicted octanol–water partition coefficient (Wildman–Crippen LogP) is 3.08. The second-order valence-corrected chi connectivity index (χ2v) is 16.5. The van der Waals surface area contributed by atoms with E-state index >= 15 is 0 Å². The van der Waals surface area contributed by atoms with Crippen LogP contribution < -0.4 is 79.8 Å². The fourth-order valence-electron chi connectivity index (χ4n) is 8.20. The first-order valence-electron chi connectivity index (χ1n) is 21.2. The van der Waals surface area contributed by atoms with Gasteiger partial charge in [-0.25, -0.2) is 9.97 Å². The third kappa shape index (κ3) is 9.97. The van der Waals surface area contributed by atoms with Crippen molar-refractivity contribution in [3.05, 3.63) is 170 Å². The van der Waals surface area contributed by atoms with Crippen molar-refractivity contribution in [3.8, 4) is 0 Å². The molecule has 0 saturated heterocycles. The Morgan fingerprint density at radius 3 is 0.647 bits per heavy atom. The van der Waals surface area contributed by atoms with E-state index in [1.807, 2.05) is 160 Å². The van der Waals surface area contributed by atoms with Crippen LogP contribution in [0.3, 0.4) is 0 Å². The first-order valence-corrected chi connectivity index (χ1v) is 21.2. The lowest BCUT2D eigenvalue weighted by atomic mass is 10.1. The van der Waals surface area contributed by atoms with Gasteiger partial charge in [-0.1, -0.05) is 24.3 Å². The van der Waals surface area contributed by atoms with Crippen LogP contribution in [0.25, 0.3) is 87.2 Å². The number of nitrogens with zero attached hydrogens (tertiary/aromatic N) is 4. The highest BCUT2D eigenvalue weighted by Crippen LogP contribution is 2.26. The summed E-state index contributed by atoms with van der Waals surface area (Å²) in [4.78, 5) is 9.08. The molecule has 0 spiro atoms. The van der Waals surface area contributed by atoms with Crippen LogP contribution >= 0.6 is 0 Å². The molecule has 0 saturated carbocycles. The molecule has 340 valence electrons. The predicted molar refractivity (Wildman–Crippen MR) is 279 cm³/mol. The summed E-state index contributed by atoms with van der Waals surface area (Å²) in [5.74, 6) is 0. The van der Waals surface area contributed by atoms with E-state index in [1.165, 1.54) is 21.5 Å². The topological polar surface area (TPSA) is 242 Å². The van der Waals surface area contributed by atoms with E-state index in [4.69, 9.17) is 45.9 Å². The van der Waals surface area contributed by atoms with E-state index in [1.54, 1.807) is 0 Å². The number of rotatable bonds is 0. The maximum atomic E-state index is 5.83. The standard InChI is InChI=1S/2C14H13N3.2C13H11N3.2ClH/c2*1-17-13-7-11(15)4-2-9(13)6-10-3-5-12(16)8-14(10)17;2*14-10-3-1-8-5-9-2-4-11(15)7-13(9)16-12(8)6-10;;/h2*2-8H,1H3,(H3,15,16);2*1-7H,14-15H2;2*1H. The number of anilines is 8. The number of fused-ring (bicyclic) bond motifs is 8. The SMILES string of the molecule is C[n+]1c2cc(N)ccc2cc2ccc(N)cc21.C[n+]1c2cc(N)ccc2cc2ccc(N)cc21.Nc1ccc2cc3ccc(N)cc3nc2c1.Nc1ccc2cc3ccc(N)cc3nc2c1.[Cl-].[Cl-]. The summed E-state index contributed by atoms with van der Waals surface area (Å²) in [5, 5.41) is 9.08. The number of aryl methyl sites for hydroxylation is 2. The summed E-state index contributed by atoms with van der Waals surface area (Å²) in [6.45, 7) is 0. The van der Waals surface area contributed by atoms with E-state index in [2.05, 4.69) is 43.4 Å². The summed E-state index contributed by atoms with van der Waals surface area (Å²) >= 11 is 0. The molecule has 68 heavy (non-hydrogen) atoms. The summed E-state index contributed by atoms with van der Waals surface area (Å²) < 4.78 is 4.24. The van der Waals surface area contributed by atoms with Gasteiger partial charge in [-0.3, -0.25) is 0 Å². The number of pyridine rings is 4. The molecule has 0 radical (unpaired) electrons. The highest BCUT2D eigenvalue weighted by molar-refractivity contribution is 5.97. The molecule has 8 aromatic carbocycles. The number of benzene rings is 8. The molecule has 0 aliphatic rings. The van der Waals surface area contributed by atoms with E-state index < -0.39 is 0 Å². The molecule has 0 fully saturated rings. The van der Waals surface area contributed by atoms with Crippen molar-refractivity contribution in [1.29, 1.82) is 0 Å². The molecule has 0 bridgehead atoms. The Morgan fingerprint density at radius 2 is 0.426 bits per heavy atom. The molecule has 0 amide bonds. The van der Waals surface area contributed by atoms with Crippen molar-refractivity contribution in [2.45, 2.75) is 0 Å². The number of hydrogen-bond acceptors (Lipinski definition) is 10. The fourth-order valence-corrected chi connectivity index (χ4v) is 8.20. The van der Waals surface area contributed by atoms with Crippen molar-refractivity contribution in [1.82, 2.24) is 9.97 Å². The lowest BCUT2D eigenvalue weighted by molar-refractivity contribution is -0.617. The van der Waals surface area contributed by atoms with Crippen LogP contribution in [-0.4, -0.2) is 9.97 Å². The minimum Gasteiger partial charge on any atom is -1.00 e. The summed E-state index contributed by atoms with van der Waals surface area (Å²) in [6.07, 6.45) is 0. The van der Waals surface area contributed by atoms with Crippen LogP contribution in [0.4, 0.5) is 45.5 Å². The van der Waals surface area contributed by atoms with Gasteiger partial charge in [-0.15, -0.1) is 0 Å². The number of hydrogen-bond donors (Lipinski definition) is 8. The Hall–Kier alpha value is -8.58. The van der Waals surface area contributed by atoms with Gasteiger partial charge in [0.25, 0.3) is 0 Å². The third-order valence-corrected chi connectivity index (χ3v) is 11.6. The van der Waals surface area contributed by atoms with Crippen molar-refractivity contribution < 1.29 is 33.9 Å². The zero-order valence-corrected chi connectivity index (χ0v) is 38.8. The van der Waals surface area contributed by atoms with Crippen molar-refractivity contribution in [2.24, 2.45) is 14.1 Å². The monoisotopic (exact) mass is 936 g/mol. The number of nitrogen functional groups attached to an aromatic ring is 8. The van der Waals surface area contributed by atoms with Gasteiger partial charge in [0.1, 0.15) is 14.1 Å². The molecule has 0 aliphatic heterocycles. The van der Waals surface area contributed by atoms with Gasteiger partial charge in [0.05, 0.1) is 22.1 Å². The molecule has 16 N–H and O–H groups in total. The Bertz CT molecular complexity index is 3380. The molecule has 12 aromatic rings. The zero-order valence-electron chi connectivity index (χ0n) is 37.3. The first-order chi connectivity index (χ1) is 31.7. The molecule has 4 aromatic heterocycles. The van der Waals surface area contributed by atoms with Gasteiger partial charge in [-0.05, 0) is 121 Å². The number of halogens is 2. The Balaban J connectivity index is 0.000000133. The van der Waals surface area contributed by atoms with Gasteiger partial charge < -0.3 is 70.7 Å². The smallest absolute Gasteiger partial charge is 0.214 e. The second kappa shape index (κ2) is 19.5. The van der Waals surface area contributed by atoms with Crippen molar-refractivity contribution in [2.75, 3.05) is 45.9 Å². The van der Waals surface area contributed by atoms with Crippen LogP contribution in [0.1, 0.15) is 0 Å². The Kier molecular flexibility index (Phi) is 13.6. The summed E-state index contributed by atoms with van der Waals surface area (Å²) in [7, 11) is 4.06. The van der Waals surface area contributed by atoms with Gasteiger partial charge >= 0.3 is 0 Å². The minimum atomic E-state index is 0. The Labute approximate surface area is 404 Å². The maximum absolute atomic E-state index is 5.83. The van der Waals surface area contributed by atoms with E-state index in [0.717, 1.165) is 111 Å². The molecular formula is C54H50Cl2N12. The largest absolute Gasteiger partial charge is 1.00 e. The van der Waals surface area contributed by atoms with E-state index in [0.29, 0.717) is 0 Å². The van der Waals surface area contributed by atoms with Crippen LogP contribution in [0.15, 0.2) is 170 Å². The highest BCUT2D eigenvalue weighted by atomic mass is 35.5. The first kappa shape index (κ1) is 47.4. The van der Waals surface area contributed by atoms with Gasteiger partial charge in [0.2, 0.25) is 22.1 Å². The number of aromatic nitrogens is 4. The van der Waals surface area contributed by atoms with Gasteiger partial charge in [0, 0.05) is 113 Å². The average Bonchev–Trinajstić information content (AvgIpc) is 3.29. The van der Waals surface area contributed by atoms with Crippen molar-refractivity contribution >= 4 is 133 Å². The molecule has 12 nitrogen and oxygen atoms in total. The van der Waals surface area contributed by atoms with Crippen LogP contribution in [-0.2, 0) is 14.1 Å². The van der Waals surface area contributed by atoms with Gasteiger partial charge in [-0.2, -0.15) is 9.13 Å². The fraction of sp³-hybridized carbons (Fsp3) is 0.0370. The summed E-state index contributed by atoms with van der Waals surface area (Å²) in [6, 6.07) is 55.2. The summed E-state index contributed by atoms with van der Waals surface area (Å²) in [5.41, 5.74) is 60.3. The normalized spacial score (nSPS) is 10.7. The van der Waals surface area contributed by atoms with Crippen LogP contribution in [0, 0.1) is 0 Å². The minimum absolute atomic E-state index is 0. The Morgan fingerprint density at radius 1 is 0.250 bits per heavy atom. The third-order valence-electron chi connectivity index (χ3n) is 11.6. The highest BCUT2D eigenvalue weighted by Gasteiger charge is 2.13. The second-order valence-electron chi connectivity index (χ2n) is 16.5. The van der Waals surface area contributed by atoms with Crippen LogP contribution in [0.5, 0.6) is 0 Å². The molecular weight excluding hydrogens is 888 g/mol. The maximum Gasteiger partial charge on any atom is 0.214 e. The van der Waals surface area contributed by atoms with E-state index in [9.17, 15) is 0 Å². The average molecular weight is 938 g/mol. The van der Waals surface area contributed by atoms with Crippen LogP contribution in [0.2, 0.25) is 0 Å². The van der Waals surface area contributed by atoms with Crippen molar-refractivity contribution in [3.63, 3.8) is 0 Å². The van der Waals surface area contributed by atoms with Gasteiger partial charge in [0.15, 0.2) is 0 Å². The molecule has 12 rings (SSSR count). The molecule has 4 heterocycles. The molecule has 0 aliphatic carbocycles. The zero-order chi connectivity index (χ0) is 46.2. The molecule has 0 atom stereocenters. The molecule has 0 unspecified atom stereocenters. The van der Waals surface area contributed by atoms with E-state index in [-0.39, 0.29) is 24.8 Å². The quantitative estimate of drug-likeness (QED) is 0.0628. The molecule has 14 heteroatoms.